The standard InChI is InChI=1S/C10H8BrClFNO2/c11-7-1-5(13)2-8(12)10(7)14-4-6(15)3-9(14)16/h1-2,6,15H,3-4H2. The molecule has 1 heterocycles. The molecule has 6 heteroatoms. The third-order valence-electron chi connectivity index (χ3n) is 2.36. The quantitative estimate of drug-likeness (QED) is 0.865. The summed E-state index contributed by atoms with van der Waals surface area (Å²) in [6.45, 7) is 0.183. The molecule has 0 radical (unpaired) electrons. The molecule has 2 rings (SSSR count). The predicted octanol–water partition coefficient (Wildman–Crippen LogP) is 2.34. The van der Waals surface area contributed by atoms with Gasteiger partial charge < -0.3 is 10.0 Å². The van der Waals surface area contributed by atoms with Crippen LogP contribution in [0.25, 0.3) is 0 Å². The minimum absolute atomic E-state index is 0.0696. The molecule has 1 saturated heterocycles. The van der Waals surface area contributed by atoms with Crippen molar-refractivity contribution in [2.75, 3.05) is 11.4 Å². The van der Waals surface area contributed by atoms with Crippen LogP contribution in [0, 0.1) is 5.82 Å². The lowest BCUT2D eigenvalue weighted by Crippen LogP contribution is -2.26. The molecule has 16 heavy (non-hydrogen) atoms. The summed E-state index contributed by atoms with van der Waals surface area (Å²) in [5.41, 5.74) is 0.407. The van der Waals surface area contributed by atoms with Gasteiger partial charge in [0.05, 0.1) is 29.8 Å². The first-order valence-electron chi connectivity index (χ1n) is 4.62. The summed E-state index contributed by atoms with van der Waals surface area (Å²) < 4.78 is 13.4. The van der Waals surface area contributed by atoms with Gasteiger partial charge in [-0.25, -0.2) is 4.39 Å². The predicted molar refractivity (Wildman–Crippen MR) is 62.1 cm³/mol. The zero-order valence-corrected chi connectivity index (χ0v) is 10.4. The highest BCUT2D eigenvalue weighted by Crippen LogP contribution is 2.37. The molecule has 1 atom stereocenters. The van der Waals surface area contributed by atoms with Crippen molar-refractivity contribution in [2.45, 2.75) is 12.5 Å². The van der Waals surface area contributed by atoms with Crippen molar-refractivity contribution >= 4 is 39.1 Å². The van der Waals surface area contributed by atoms with E-state index in [1.54, 1.807) is 0 Å². The first-order chi connectivity index (χ1) is 7.49. The number of nitrogens with zero attached hydrogens (tertiary/aromatic N) is 1. The number of aliphatic hydroxyl groups excluding tert-OH is 1. The number of β-amino-alcohol motifs (C(OH)–C–C–N with tert-alkyl or cyclic N) is 1. The largest absolute Gasteiger partial charge is 0.391 e. The van der Waals surface area contributed by atoms with Crippen LogP contribution in [-0.4, -0.2) is 23.7 Å². The van der Waals surface area contributed by atoms with Crippen molar-refractivity contribution in [3.05, 3.63) is 27.4 Å². The highest BCUT2D eigenvalue weighted by molar-refractivity contribution is 9.10. The fourth-order valence-corrected chi connectivity index (χ4v) is 2.77. The topological polar surface area (TPSA) is 40.5 Å². The molecule has 86 valence electrons. The Balaban J connectivity index is 2.44. The molecule has 1 aromatic rings. The third-order valence-corrected chi connectivity index (χ3v) is 3.25. The number of amides is 1. The normalized spacial score (nSPS) is 20.6. The first-order valence-corrected chi connectivity index (χ1v) is 5.79. The monoisotopic (exact) mass is 307 g/mol. The second-order valence-corrected chi connectivity index (χ2v) is 4.84. The molecule has 0 bridgehead atoms. The van der Waals surface area contributed by atoms with E-state index in [1.165, 1.54) is 11.0 Å². The smallest absolute Gasteiger partial charge is 0.229 e. The fraction of sp³-hybridized carbons (Fsp3) is 0.300. The van der Waals surface area contributed by atoms with E-state index in [0.717, 1.165) is 6.07 Å². The van der Waals surface area contributed by atoms with Crippen LogP contribution in [0.15, 0.2) is 16.6 Å². The summed E-state index contributed by atoms with van der Waals surface area (Å²) in [4.78, 5) is 12.9. The Kier molecular flexibility index (Phi) is 3.19. The minimum atomic E-state index is -0.694. The van der Waals surface area contributed by atoms with Crippen molar-refractivity contribution in [3.63, 3.8) is 0 Å². The van der Waals surface area contributed by atoms with Crippen LogP contribution in [0.4, 0.5) is 10.1 Å². The summed E-state index contributed by atoms with van der Waals surface area (Å²) >= 11 is 9.04. The number of hydrogen-bond donors (Lipinski definition) is 1. The molecule has 0 spiro atoms. The number of anilines is 1. The van der Waals surface area contributed by atoms with Crippen LogP contribution < -0.4 is 4.90 Å². The van der Waals surface area contributed by atoms with E-state index in [1.807, 2.05) is 0 Å². The number of aliphatic hydroxyl groups is 1. The van der Waals surface area contributed by atoms with Crippen LogP contribution in [0.5, 0.6) is 0 Å². The van der Waals surface area contributed by atoms with E-state index in [9.17, 15) is 14.3 Å². The van der Waals surface area contributed by atoms with E-state index < -0.39 is 11.9 Å². The van der Waals surface area contributed by atoms with Crippen LogP contribution in [0.1, 0.15) is 6.42 Å². The molecule has 0 aromatic heterocycles. The number of benzene rings is 1. The molecule has 0 saturated carbocycles. The Hall–Kier alpha value is -0.650. The summed E-state index contributed by atoms with van der Waals surface area (Å²) in [6, 6.07) is 2.37. The number of hydrogen-bond acceptors (Lipinski definition) is 2. The van der Waals surface area contributed by atoms with Gasteiger partial charge in [-0.05, 0) is 28.1 Å². The average molecular weight is 309 g/mol. The molecule has 1 N–H and O–H groups in total. The van der Waals surface area contributed by atoms with Gasteiger partial charge in [-0.2, -0.15) is 0 Å². The number of halogens is 3. The van der Waals surface area contributed by atoms with Gasteiger partial charge in [0.2, 0.25) is 5.91 Å². The van der Waals surface area contributed by atoms with Crippen molar-refractivity contribution < 1.29 is 14.3 Å². The molecule has 1 aliphatic rings. The van der Waals surface area contributed by atoms with E-state index in [0.29, 0.717) is 10.2 Å². The maximum atomic E-state index is 13.0. The SMILES string of the molecule is O=C1CC(O)CN1c1c(Cl)cc(F)cc1Br. The Morgan fingerprint density at radius 3 is 2.75 bits per heavy atom. The number of rotatable bonds is 1. The number of carbonyl (C=O) groups excluding carboxylic acids is 1. The van der Waals surface area contributed by atoms with Gasteiger partial charge in [-0.3, -0.25) is 4.79 Å². The number of carbonyl (C=O) groups is 1. The Bertz CT molecular complexity index is 431. The van der Waals surface area contributed by atoms with E-state index in [4.69, 9.17) is 11.6 Å². The summed E-state index contributed by atoms with van der Waals surface area (Å²) in [7, 11) is 0. The molecule has 1 fully saturated rings. The van der Waals surface area contributed by atoms with Crippen LogP contribution in [-0.2, 0) is 4.79 Å². The lowest BCUT2D eigenvalue weighted by molar-refractivity contribution is -0.117. The van der Waals surface area contributed by atoms with Crippen molar-refractivity contribution in [1.82, 2.24) is 0 Å². The first kappa shape index (κ1) is 11.8. The molecule has 0 aliphatic carbocycles. The van der Waals surface area contributed by atoms with E-state index in [2.05, 4.69) is 15.9 Å². The molecular formula is C10H8BrClFNO2. The van der Waals surface area contributed by atoms with Crippen LogP contribution in [0.2, 0.25) is 5.02 Å². The Morgan fingerprint density at radius 2 is 2.25 bits per heavy atom. The second kappa shape index (κ2) is 4.31. The molecular weight excluding hydrogens is 300 g/mol. The zero-order valence-electron chi connectivity index (χ0n) is 8.08. The van der Waals surface area contributed by atoms with Gasteiger partial charge in [0.25, 0.3) is 0 Å². The highest BCUT2D eigenvalue weighted by Gasteiger charge is 2.31. The van der Waals surface area contributed by atoms with Crippen molar-refractivity contribution in [2.24, 2.45) is 0 Å². The second-order valence-electron chi connectivity index (χ2n) is 3.58. The van der Waals surface area contributed by atoms with Gasteiger partial charge in [0.1, 0.15) is 5.82 Å². The maximum absolute atomic E-state index is 13.0. The summed E-state index contributed by atoms with van der Waals surface area (Å²) in [6.07, 6.45) is -0.624. The zero-order chi connectivity index (χ0) is 11.9. The van der Waals surface area contributed by atoms with Gasteiger partial charge in [0, 0.05) is 4.47 Å². The fourth-order valence-electron chi connectivity index (χ4n) is 1.70. The molecule has 1 aromatic carbocycles. The molecule has 1 aliphatic heterocycles. The van der Waals surface area contributed by atoms with Crippen LogP contribution >= 0.6 is 27.5 Å². The summed E-state index contributed by atoms with van der Waals surface area (Å²) in [5, 5.41) is 9.52. The molecule has 1 unspecified atom stereocenters. The van der Waals surface area contributed by atoms with Gasteiger partial charge in [-0.15, -0.1) is 0 Å². The van der Waals surface area contributed by atoms with E-state index in [-0.39, 0.29) is 23.9 Å². The summed E-state index contributed by atoms with van der Waals surface area (Å²) in [5.74, 6) is -0.700. The van der Waals surface area contributed by atoms with Gasteiger partial charge in [0.15, 0.2) is 0 Å². The lowest BCUT2D eigenvalue weighted by Gasteiger charge is -2.19. The Labute approximate surface area is 105 Å². The lowest BCUT2D eigenvalue weighted by atomic mass is 10.3. The molecule has 1 amide bonds. The van der Waals surface area contributed by atoms with E-state index >= 15 is 0 Å². The van der Waals surface area contributed by atoms with Crippen molar-refractivity contribution in [3.8, 4) is 0 Å². The molecule has 3 nitrogen and oxygen atoms in total. The van der Waals surface area contributed by atoms with Gasteiger partial charge in [-0.1, -0.05) is 11.6 Å². The Morgan fingerprint density at radius 1 is 1.56 bits per heavy atom. The average Bonchev–Trinajstić information content (AvgIpc) is 2.43. The van der Waals surface area contributed by atoms with Crippen LogP contribution in [0.3, 0.4) is 0 Å². The minimum Gasteiger partial charge on any atom is -0.391 e. The van der Waals surface area contributed by atoms with Gasteiger partial charge >= 0.3 is 0 Å². The van der Waals surface area contributed by atoms with Crippen molar-refractivity contribution in [1.29, 1.82) is 0 Å². The maximum Gasteiger partial charge on any atom is 0.229 e. The third kappa shape index (κ3) is 2.07. The highest BCUT2D eigenvalue weighted by atomic mass is 79.9.